The molecule has 2 rings (SSSR count). The minimum absolute atomic E-state index is 0.0310. The molecule has 8 nitrogen and oxygen atoms in total. The number of hydrogen-bond donors (Lipinski definition) is 2. The second-order valence-electron chi connectivity index (χ2n) is 8.68. The summed E-state index contributed by atoms with van der Waals surface area (Å²) in [6, 6.07) is 1.72. The summed E-state index contributed by atoms with van der Waals surface area (Å²) in [4.78, 5) is 37.4. The van der Waals surface area contributed by atoms with Crippen LogP contribution in [0.1, 0.15) is 52.0 Å². The van der Waals surface area contributed by atoms with E-state index in [4.69, 9.17) is 19.9 Å². The third-order valence-corrected chi connectivity index (χ3v) is 4.84. The molecule has 1 aromatic heterocycles. The standard InChI is InChI=1S/C19H28N2O6S/c1-17(2,3)26-15(23)14(22)21-13-7-11-8-19(10-20,25-9-12(11)28-13)16(24)27-18(4,5)6/h7H,8-10,20H2,1-6H3,(H,21,22). The highest BCUT2D eigenvalue weighted by molar-refractivity contribution is 7.16. The maximum Gasteiger partial charge on any atom is 0.397 e. The van der Waals surface area contributed by atoms with Gasteiger partial charge in [0, 0.05) is 17.8 Å². The molecule has 0 aromatic carbocycles. The number of anilines is 1. The highest BCUT2D eigenvalue weighted by Gasteiger charge is 2.45. The average molecular weight is 413 g/mol. The van der Waals surface area contributed by atoms with Gasteiger partial charge >= 0.3 is 17.8 Å². The molecule has 1 unspecified atom stereocenters. The van der Waals surface area contributed by atoms with Gasteiger partial charge in [0.05, 0.1) is 11.6 Å². The monoisotopic (exact) mass is 412 g/mol. The SMILES string of the molecule is CC(C)(C)OC(=O)C(=O)Nc1cc2c(s1)COC(CN)(C(=O)OC(C)(C)C)C2. The van der Waals surface area contributed by atoms with Crippen molar-refractivity contribution in [1.82, 2.24) is 0 Å². The van der Waals surface area contributed by atoms with E-state index in [0.29, 0.717) is 5.00 Å². The Bertz CT molecular complexity index is 774. The number of rotatable bonds is 3. The van der Waals surface area contributed by atoms with Crippen molar-refractivity contribution in [1.29, 1.82) is 0 Å². The predicted octanol–water partition coefficient (Wildman–Crippen LogP) is 2.14. The number of esters is 2. The summed E-state index contributed by atoms with van der Waals surface area (Å²) >= 11 is 1.28. The van der Waals surface area contributed by atoms with E-state index in [9.17, 15) is 14.4 Å². The summed E-state index contributed by atoms with van der Waals surface area (Å²) in [5, 5.41) is 3.01. The zero-order chi connectivity index (χ0) is 21.3. The minimum atomic E-state index is -1.27. The first-order chi connectivity index (χ1) is 12.7. The van der Waals surface area contributed by atoms with Crippen LogP contribution in [0.2, 0.25) is 0 Å². The normalized spacial score (nSPS) is 19.5. The van der Waals surface area contributed by atoms with Crippen molar-refractivity contribution in [3.05, 3.63) is 16.5 Å². The molecule has 0 fully saturated rings. The third kappa shape index (κ3) is 5.52. The third-order valence-electron chi connectivity index (χ3n) is 3.77. The van der Waals surface area contributed by atoms with Gasteiger partial charge in [-0.15, -0.1) is 11.3 Å². The van der Waals surface area contributed by atoms with Crippen LogP contribution >= 0.6 is 11.3 Å². The highest BCUT2D eigenvalue weighted by Crippen LogP contribution is 2.37. The Hall–Kier alpha value is -1.97. The summed E-state index contributed by atoms with van der Waals surface area (Å²) in [5.74, 6) is -2.33. The number of nitrogens with two attached hydrogens (primary N) is 1. The summed E-state index contributed by atoms with van der Waals surface area (Å²) in [7, 11) is 0. The molecule has 1 atom stereocenters. The van der Waals surface area contributed by atoms with Gasteiger partial charge in [-0.2, -0.15) is 0 Å². The van der Waals surface area contributed by atoms with Crippen LogP contribution in [0.4, 0.5) is 5.00 Å². The molecule has 9 heteroatoms. The fourth-order valence-corrected chi connectivity index (χ4v) is 3.56. The first-order valence-electron chi connectivity index (χ1n) is 8.98. The van der Waals surface area contributed by atoms with Crippen molar-refractivity contribution < 1.29 is 28.6 Å². The largest absolute Gasteiger partial charge is 0.458 e. The van der Waals surface area contributed by atoms with E-state index < -0.39 is 34.6 Å². The molecule has 0 radical (unpaired) electrons. The lowest BCUT2D eigenvalue weighted by atomic mass is 9.92. The molecular formula is C19H28N2O6S. The van der Waals surface area contributed by atoms with Crippen molar-refractivity contribution >= 4 is 34.2 Å². The van der Waals surface area contributed by atoms with Crippen LogP contribution in [0.15, 0.2) is 6.07 Å². The minimum Gasteiger partial charge on any atom is -0.458 e. The maximum absolute atomic E-state index is 12.6. The van der Waals surface area contributed by atoms with E-state index in [0.717, 1.165) is 10.4 Å². The maximum atomic E-state index is 12.6. The summed E-state index contributed by atoms with van der Waals surface area (Å²) in [6.45, 7) is 10.5. The summed E-state index contributed by atoms with van der Waals surface area (Å²) in [5.41, 5.74) is 3.98. The Morgan fingerprint density at radius 3 is 2.32 bits per heavy atom. The van der Waals surface area contributed by atoms with Crippen molar-refractivity contribution in [3.63, 3.8) is 0 Å². The van der Waals surface area contributed by atoms with Gasteiger partial charge in [-0.3, -0.25) is 4.79 Å². The van der Waals surface area contributed by atoms with Gasteiger partial charge in [0.15, 0.2) is 5.60 Å². The average Bonchev–Trinajstić information content (AvgIpc) is 2.92. The fourth-order valence-electron chi connectivity index (χ4n) is 2.57. The van der Waals surface area contributed by atoms with E-state index in [1.165, 1.54) is 11.3 Å². The van der Waals surface area contributed by atoms with E-state index in [1.54, 1.807) is 47.6 Å². The molecule has 1 aromatic rings. The number of fused-ring (bicyclic) bond motifs is 1. The van der Waals surface area contributed by atoms with Crippen LogP contribution < -0.4 is 11.1 Å². The zero-order valence-corrected chi connectivity index (χ0v) is 18.0. The Morgan fingerprint density at radius 2 is 1.79 bits per heavy atom. The quantitative estimate of drug-likeness (QED) is 0.577. The van der Waals surface area contributed by atoms with E-state index in [-0.39, 0.29) is 19.6 Å². The molecule has 156 valence electrons. The molecule has 2 heterocycles. The van der Waals surface area contributed by atoms with Crippen LogP contribution in [0.3, 0.4) is 0 Å². The lowest BCUT2D eigenvalue weighted by Gasteiger charge is -2.36. The van der Waals surface area contributed by atoms with Gasteiger partial charge in [0.25, 0.3) is 0 Å². The van der Waals surface area contributed by atoms with Gasteiger partial charge in [-0.05, 0) is 53.2 Å². The Labute approximate surface area is 168 Å². The van der Waals surface area contributed by atoms with Gasteiger partial charge < -0.3 is 25.3 Å². The van der Waals surface area contributed by atoms with E-state index in [2.05, 4.69) is 5.32 Å². The number of thiophene rings is 1. The van der Waals surface area contributed by atoms with Gasteiger partial charge in [-0.25, -0.2) is 9.59 Å². The second-order valence-corrected chi connectivity index (χ2v) is 9.82. The van der Waals surface area contributed by atoms with Crippen LogP contribution in [0.25, 0.3) is 0 Å². The molecule has 28 heavy (non-hydrogen) atoms. The van der Waals surface area contributed by atoms with Crippen LogP contribution in [0, 0.1) is 0 Å². The summed E-state index contributed by atoms with van der Waals surface area (Å²) < 4.78 is 16.3. The van der Waals surface area contributed by atoms with Gasteiger partial charge in [0.1, 0.15) is 11.2 Å². The number of amides is 1. The van der Waals surface area contributed by atoms with E-state index in [1.807, 2.05) is 0 Å². The first kappa shape index (κ1) is 22.3. The molecule has 3 N–H and O–H groups in total. The molecule has 0 aliphatic carbocycles. The van der Waals surface area contributed by atoms with Crippen molar-refractivity contribution in [2.75, 3.05) is 11.9 Å². The van der Waals surface area contributed by atoms with Crippen LogP contribution in [0.5, 0.6) is 0 Å². The molecule has 1 aliphatic rings. The second kappa shape index (κ2) is 7.81. The fraction of sp³-hybridized carbons (Fsp3) is 0.632. The summed E-state index contributed by atoms with van der Waals surface area (Å²) in [6.07, 6.45) is 0.229. The lowest BCUT2D eigenvalue weighted by molar-refractivity contribution is -0.186. The number of carbonyl (C=O) groups excluding carboxylic acids is 3. The van der Waals surface area contributed by atoms with E-state index >= 15 is 0 Å². The first-order valence-corrected chi connectivity index (χ1v) is 9.80. The molecular weight excluding hydrogens is 384 g/mol. The van der Waals surface area contributed by atoms with Crippen LogP contribution in [-0.4, -0.2) is 41.2 Å². The van der Waals surface area contributed by atoms with Gasteiger partial charge in [-0.1, -0.05) is 0 Å². The number of hydrogen-bond acceptors (Lipinski definition) is 8. The Balaban J connectivity index is 2.13. The molecule has 0 bridgehead atoms. The number of nitrogens with one attached hydrogen (secondary N) is 1. The zero-order valence-electron chi connectivity index (χ0n) is 17.1. The number of carbonyl (C=O) groups is 3. The molecule has 1 aliphatic heterocycles. The van der Waals surface area contributed by atoms with Crippen molar-refractivity contribution in [2.45, 2.75) is 71.4 Å². The topological polar surface area (TPSA) is 117 Å². The Morgan fingerprint density at radius 1 is 1.18 bits per heavy atom. The van der Waals surface area contributed by atoms with Crippen molar-refractivity contribution in [3.8, 4) is 0 Å². The molecule has 1 amide bonds. The molecule has 0 saturated carbocycles. The molecule has 0 saturated heterocycles. The molecule has 0 spiro atoms. The van der Waals surface area contributed by atoms with Gasteiger partial charge in [0.2, 0.25) is 0 Å². The highest BCUT2D eigenvalue weighted by atomic mass is 32.1. The van der Waals surface area contributed by atoms with Crippen molar-refractivity contribution in [2.24, 2.45) is 5.73 Å². The number of ether oxygens (including phenoxy) is 3. The smallest absolute Gasteiger partial charge is 0.397 e. The van der Waals surface area contributed by atoms with Crippen LogP contribution in [-0.2, 0) is 41.6 Å². The predicted molar refractivity (Wildman–Crippen MR) is 105 cm³/mol. The lowest BCUT2D eigenvalue weighted by Crippen LogP contribution is -2.54. The Kier molecular flexibility index (Phi) is 6.22.